The van der Waals surface area contributed by atoms with Crippen LogP contribution in [0.1, 0.15) is 21.6 Å². The zero-order chi connectivity index (χ0) is 25.3. The highest BCUT2D eigenvalue weighted by Crippen LogP contribution is 2.35. The summed E-state index contributed by atoms with van der Waals surface area (Å²) in [7, 11) is 2.69. The topological polar surface area (TPSA) is 154 Å². The molecule has 0 unspecified atom stereocenters. The van der Waals surface area contributed by atoms with Crippen molar-refractivity contribution in [3.63, 3.8) is 0 Å². The maximum atomic E-state index is 13.2. The normalized spacial score (nSPS) is 10.7. The number of nitrogens with zero attached hydrogens (tertiary/aromatic N) is 4. The first-order valence-electron chi connectivity index (χ1n) is 10.2. The van der Waals surface area contributed by atoms with E-state index in [-0.39, 0.29) is 34.4 Å². The minimum atomic E-state index is -0.789. The van der Waals surface area contributed by atoms with Gasteiger partial charge in [-0.05, 0) is 25.3 Å². The Hall–Kier alpha value is -4.52. The smallest absolute Gasteiger partial charge is 0.286 e. The zero-order valence-corrected chi connectivity index (χ0v) is 19.9. The van der Waals surface area contributed by atoms with Gasteiger partial charge in [-0.15, -0.1) is 11.3 Å². The van der Waals surface area contributed by atoms with Crippen LogP contribution in [0.25, 0.3) is 16.5 Å². The third kappa shape index (κ3) is 4.48. The lowest BCUT2D eigenvalue weighted by atomic mass is 10.1. The van der Waals surface area contributed by atoms with Crippen LogP contribution in [0, 0.1) is 24.0 Å². The maximum absolute atomic E-state index is 13.2. The van der Waals surface area contributed by atoms with Crippen LogP contribution in [0.2, 0.25) is 0 Å². The molecule has 13 heteroatoms. The Bertz CT molecular complexity index is 1490. The number of rotatable bonds is 7. The van der Waals surface area contributed by atoms with Gasteiger partial charge in [-0.2, -0.15) is 9.78 Å². The molecule has 180 valence electrons. The van der Waals surface area contributed by atoms with Crippen molar-refractivity contribution in [3.05, 3.63) is 73.0 Å². The van der Waals surface area contributed by atoms with Crippen molar-refractivity contribution in [1.82, 2.24) is 19.7 Å². The molecule has 0 bridgehead atoms. The minimum absolute atomic E-state index is 0.0815. The largest absolute Gasteiger partial charge is 0.493 e. The fraction of sp³-hybridized carbons (Fsp3) is 0.182. The highest BCUT2D eigenvalue weighted by molar-refractivity contribution is 7.13. The lowest BCUT2D eigenvalue weighted by Gasteiger charge is -2.12. The first kappa shape index (κ1) is 23.6. The van der Waals surface area contributed by atoms with Crippen LogP contribution in [-0.4, -0.2) is 44.8 Å². The van der Waals surface area contributed by atoms with Crippen molar-refractivity contribution in [2.45, 2.75) is 13.8 Å². The van der Waals surface area contributed by atoms with Crippen molar-refractivity contribution in [3.8, 4) is 28.0 Å². The summed E-state index contributed by atoms with van der Waals surface area (Å²) in [5.74, 6) is -0.302. The van der Waals surface area contributed by atoms with Crippen LogP contribution in [0.3, 0.4) is 0 Å². The molecule has 12 nitrogen and oxygen atoms in total. The zero-order valence-electron chi connectivity index (χ0n) is 19.1. The quantitative estimate of drug-likeness (QED) is 0.291. The van der Waals surface area contributed by atoms with Gasteiger partial charge in [0.05, 0.1) is 30.1 Å². The molecular weight excluding hydrogens is 476 g/mol. The molecule has 1 amide bonds. The molecule has 0 spiro atoms. The molecule has 2 N–H and O–H groups in total. The Kier molecular flexibility index (Phi) is 6.34. The third-order valence-electron chi connectivity index (χ3n) is 5.25. The summed E-state index contributed by atoms with van der Waals surface area (Å²) in [6, 6.07) is 7.62. The molecule has 0 atom stereocenters. The number of nitro benzene ring substituents is 1. The number of carbonyl (C=O) groups is 1. The van der Waals surface area contributed by atoms with E-state index in [2.05, 4.69) is 20.4 Å². The van der Waals surface area contributed by atoms with Gasteiger partial charge in [0.15, 0.2) is 11.5 Å². The van der Waals surface area contributed by atoms with E-state index >= 15 is 0 Å². The average molecular weight is 497 g/mol. The summed E-state index contributed by atoms with van der Waals surface area (Å²) >= 11 is 1.43. The number of hydrogen-bond donors (Lipinski definition) is 2. The maximum Gasteiger partial charge on any atom is 0.286 e. The minimum Gasteiger partial charge on any atom is -0.493 e. The van der Waals surface area contributed by atoms with E-state index in [0.29, 0.717) is 17.0 Å². The van der Waals surface area contributed by atoms with E-state index in [9.17, 15) is 19.7 Å². The highest BCUT2D eigenvalue weighted by atomic mass is 32.1. The number of amides is 1. The fourth-order valence-electron chi connectivity index (χ4n) is 3.29. The van der Waals surface area contributed by atoms with Gasteiger partial charge >= 0.3 is 0 Å². The molecule has 0 aliphatic carbocycles. The van der Waals surface area contributed by atoms with Crippen molar-refractivity contribution in [2.24, 2.45) is 0 Å². The molecule has 4 rings (SSSR count). The first-order valence-corrected chi connectivity index (χ1v) is 11.0. The molecule has 3 aromatic heterocycles. The van der Waals surface area contributed by atoms with Crippen molar-refractivity contribution >= 4 is 28.7 Å². The molecule has 0 saturated carbocycles. The Balaban J connectivity index is 1.83. The standard InChI is InChI=1S/C22H20N6O6S/c1-11-12(2)23-22(25-20(11)29)27-19(9-14(26-27)18-6-5-7-35-18)24-21(30)13-8-16(33-3)17(34-4)10-15(13)28(31)32/h5-10H,1-4H3,(H,24,30)(H,23,25,29). The van der Waals surface area contributed by atoms with E-state index in [1.807, 2.05) is 17.5 Å². The molecule has 0 aliphatic heterocycles. The SMILES string of the molecule is COc1cc(C(=O)Nc2cc(-c3cccs3)nn2-c2nc(C)c(C)c(=O)[nH]2)c([N+](=O)[O-])cc1OC. The number of benzene rings is 1. The molecule has 3 heterocycles. The van der Waals surface area contributed by atoms with Gasteiger partial charge in [-0.1, -0.05) is 6.07 Å². The summed E-state index contributed by atoms with van der Waals surface area (Å²) < 4.78 is 11.6. The van der Waals surface area contributed by atoms with Crippen molar-refractivity contribution < 1.29 is 19.2 Å². The summed E-state index contributed by atoms with van der Waals surface area (Å²) in [5.41, 5.74) is 0.379. The number of anilines is 1. The number of carbonyl (C=O) groups excluding carboxylic acids is 1. The second kappa shape index (κ2) is 9.38. The number of methoxy groups -OCH3 is 2. The number of aromatic nitrogens is 4. The highest BCUT2D eigenvalue weighted by Gasteiger charge is 2.26. The van der Waals surface area contributed by atoms with Gasteiger partial charge in [0.2, 0.25) is 5.95 Å². The van der Waals surface area contributed by atoms with Crippen LogP contribution in [-0.2, 0) is 0 Å². The second-order valence-corrected chi connectivity index (χ2v) is 8.29. The number of thiophene rings is 1. The van der Waals surface area contributed by atoms with Gasteiger partial charge in [0.25, 0.3) is 17.2 Å². The van der Waals surface area contributed by atoms with Gasteiger partial charge in [0, 0.05) is 23.4 Å². The van der Waals surface area contributed by atoms with Crippen LogP contribution >= 0.6 is 11.3 Å². The molecule has 1 aromatic carbocycles. The molecule has 0 fully saturated rings. The number of nitro groups is 1. The lowest BCUT2D eigenvalue weighted by Crippen LogP contribution is -2.21. The summed E-state index contributed by atoms with van der Waals surface area (Å²) in [5, 5.41) is 20.7. The molecular formula is C22H20N6O6S. The molecule has 4 aromatic rings. The number of nitrogens with one attached hydrogen (secondary N) is 2. The first-order chi connectivity index (χ1) is 16.7. The van der Waals surface area contributed by atoms with E-state index in [1.54, 1.807) is 19.9 Å². The molecule has 0 radical (unpaired) electrons. The number of H-pyrrole nitrogens is 1. The number of aryl methyl sites for hydroxylation is 1. The Morgan fingerprint density at radius 2 is 1.91 bits per heavy atom. The van der Waals surface area contributed by atoms with Gasteiger partial charge in [-0.3, -0.25) is 24.7 Å². The van der Waals surface area contributed by atoms with E-state index in [0.717, 1.165) is 10.9 Å². The Morgan fingerprint density at radius 3 is 2.51 bits per heavy atom. The predicted molar refractivity (Wildman–Crippen MR) is 129 cm³/mol. The fourth-order valence-corrected chi connectivity index (χ4v) is 3.97. The van der Waals surface area contributed by atoms with Gasteiger partial charge < -0.3 is 14.8 Å². The average Bonchev–Trinajstić information content (AvgIpc) is 3.51. The Labute approximate surface area is 202 Å². The summed E-state index contributed by atoms with van der Waals surface area (Å²) in [4.78, 5) is 44.4. The van der Waals surface area contributed by atoms with Crippen LogP contribution in [0.15, 0.2) is 40.5 Å². The monoisotopic (exact) mass is 496 g/mol. The molecule has 35 heavy (non-hydrogen) atoms. The number of ether oxygens (including phenoxy) is 2. The molecule has 0 saturated heterocycles. The van der Waals surface area contributed by atoms with E-state index in [4.69, 9.17) is 9.47 Å². The lowest BCUT2D eigenvalue weighted by molar-refractivity contribution is -0.385. The van der Waals surface area contributed by atoms with Crippen LogP contribution < -0.4 is 20.3 Å². The third-order valence-corrected chi connectivity index (χ3v) is 6.14. The molecule has 0 aliphatic rings. The van der Waals surface area contributed by atoms with E-state index < -0.39 is 16.5 Å². The van der Waals surface area contributed by atoms with Crippen molar-refractivity contribution in [2.75, 3.05) is 19.5 Å². The second-order valence-electron chi connectivity index (χ2n) is 7.34. The number of aromatic amines is 1. The van der Waals surface area contributed by atoms with Crippen LogP contribution in [0.5, 0.6) is 11.5 Å². The van der Waals surface area contributed by atoms with Crippen molar-refractivity contribution in [1.29, 1.82) is 0 Å². The summed E-state index contributed by atoms with van der Waals surface area (Å²) in [6.45, 7) is 3.33. The Morgan fingerprint density at radius 1 is 1.20 bits per heavy atom. The van der Waals surface area contributed by atoms with Gasteiger partial charge in [0.1, 0.15) is 17.1 Å². The summed E-state index contributed by atoms with van der Waals surface area (Å²) in [6.07, 6.45) is 0. The van der Waals surface area contributed by atoms with E-state index in [1.165, 1.54) is 36.3 Å². The number of hydrogen-bond acceptors (Lipinski definition) is 9. The predicted octanol–water partition coefficient (Wildman–Crippen LogP) is 3.48. The van der Waals surface area contributed by atoms with Crippen LogP contribution in [0.4, 0.5) is 11.5 Å². The van der Waals surface area contributed by atoms with Gasteiger partial charge in [-0.25, -0.2) is 4.98 Å².